The lowest BCUT2D eigenvalue weighted by Gasteiger charge is -2.06. The second kappa shape index (κ2) is 10.7. The van der Waals surface area contributed by atoms with Crippen LogP contribution < -0.4 is 4.74 Å². The fraction of sp³-hybridized carbons (Fsp3) is 0.562. The summed E-state index contributed by atoms with van der Waals surface area (Å²) in [5.41, 5.74) is 0. The van der Waals surface area contributed by atoms with Crippen LogP contribution in [0.5, 0.6) is 5.75 Å². The molecule has 0 N–H and O–H groups in total. The van der Waals surface area contributed by atoms with Gasteiger partial charge in [-0.1, -0.05) is 45.4 Å². The van der Waals surface area contributed by atoms with Crippen molar-refractivity contribution in [3.05, 3.63) is 34.3 Å². The van der Waals surface area contributed by atoms with Crippen molar-refractivity contribution in [2.45, 2.75) is 51.9 Å². The minimum atomic E-state index is 0.846. The number of benzene rings is 1. The molecular weight excluding hydrogens is 335 g/mol. The minimum Gasteiger partial charge on any atom is -0.494 e. The lowest BCUT2D eigenvalue weighted by atomic mass is 10.1. The van der Waals surface area contributed by atoms with Crippen molar-refractivity contribution < 1.29 is 4.74 Å². The first-order valence-electron chi connectivity index (χ1n) is 7.03. The highest BCUT2D eigenvalue weighted by Crippen LogP contribution is 2.14. The van der Waals surface area contributed by atoms with Crippen LogP contribution in [0.4, 0.5) is 0 Å². The van der Waals surface area contributed by atoms with Gasteiger partial charge in [-0.25, -0.2) is 0 Å². The Morgan fingerprint density at radius 3 is 2.44 bits per heavy atom. The summed E-state index contributed by atoms with van der Waals surface area (Å²) >= 11 is 2.31. The van der Waals surface area contributed by atoms with Gasteiger partial charge in [-0.15, -0.1) is 0 Å². The average molecular weight is 359 g/mol. The van der Waals surface area contributed by atoms with Gasteiger partial charge in [0.1, 0.15) is 5.75 Å². The third-order valence-corrected chi connectivity index (χ3v) is 3.60. The van der Waals surface area contributed by atoms with Crippen LogP contribution in [0.25, 0.3) is 0 Å². The van der Waals surface area contributed by atoms with E-state index >= 15 is 0 Å². The zero-order valence-corrected chi connectivity index (χ0v) is 13.5. The third-order valence-electron chi connectivity index (χ3n) is 2.88. The van der Waals surface area contributed by atoms with Crippen LogP contribution >= 0.6 is 22.6 Å². The molecule has 0 saturated carbocycles. The summed E-state index contributed by atoms with van der Waals surface area (Å²) in [7, 11) is 0. The van der Waals surface area contributed by atoms with Crippen molar-refractivity contribution in [3.63, 3.8) is 0 Å². The summed E-state index contributed by atoms with van der Waals surface area (Å²) in [5.74, 6) is 0.992. The number of rotatable bonds is 10. The van der Waals surface area contributed by atoms with Crippen LogP contribution in [0.15, 0.2) is 24.3 Å². The van der Waals surface area contributed by atoms with Gasteiger partial charge in [0.25, 0.3) is 0 Å². The molecule has 0 aliphatic carbocycles. The molecule has 1 nitrogen and oxygen atoms in total. The number of unbranched alkanes of at least 4 members (excludes halogenated alkanes) is 7. The topological polar surface area (TPSA) is 9.23 Å². The van der Waals surface area contributed by atoms with E-state index in [1.807, 2.05) is 12.1 Å². The van der Waals surface area contributed by atoms with Gasteiger partial charge in [0, 0.05) is 3.57 Å². The van der Waals surface area contributed by atoms with Gasteiger partial charge >= 0.3 is 0 Å². The molecule has 0 unspecified atom stereocenters. The van der Waals surface area contributed by atoms with Crippen molar-refractivity contribution in [3.8, 4) is 5.75 Å². The van der Waals surface area contributed by atoms with Gasteiger partial charge in [0.05, 0.1) is 6.61 Å². The molecule has 0 saturated heterocycles. The molecule has 0 aromatic heterocycles. The molecule has 0 aliphatic heterocycles. The molecular formula is C16H24IO. The maximum Gasteiger partial charge on any atom is 0.119 e. The maximum atomic E-state index is 5.69. The monoisotopic (exact) mass is 359 g/mol. The molecule has 1 aromatic rings. The molecule has 0 fully saturated rings. The van der Waals surface area contributed by atoms with Crippen LogP contribution in [-0.4, -0.2) is 6.61 Å². The fourth-order valence-corrected chi connectivity index (χ4v) is 2.17. The first-order valence-corrected chi connectivity index (χ1v) is 8.11. The molecule has 101 valence electrons. The highest BCUT2D eigenvalue weighted by molar-refractivity contribution is 14.1. The second-order valence-corrected chi connectivity index (χ2v) is 5.83. The second-order valence-electron chi connectivity index (χ2n) is 4.58. The Balaban J connectivity index is 1.91. The SMILES string of the molecule is CCC[CH]CCCCCCOc1ccc(I)cc1. The van der Waals surface area contributed by atoms with Crippen molar-refractivity contribution in [2.24, 2.45) is 0 Å². The zero-order chi connectivity index (χ0) is 13.1. The maximum absolute atomic E-state index is 5.69. The number of halogens is 1. The van der Waals surface area contributed by atoms with Crippen molar-refractivity contribution in [1.82, 2.24) is 0 Å². The van der Waals surface area contributed by atoms with E-state index in [0.29, 0.717) is 0 Å². The lowest BCUT2D eigenvalue weighted by molar-refractivity contribution is 0.304. The number of hydrogen-bond acceptors (Lipinski definition) is 1. The minimum absolute atomic E-state index is 0.846. The molecule has 1 aromatic carbocycles. The molecule has 0 bridgehead atoms. The number of ether oxygens (including phenoxy) is 1. The summed E-state index contributed by atoms with van der Waals surface area (Å²) < 4.78 is 6.95. The molecule has 0 aliphatic rings. The molecule has 1 radical (unpaired) electrons. The Morgan fingerprint density at radius 1 is 1.00 bits per heavy atom. The molecule has 1 rings (SSSR count). The normalized spacial score (nSPS) is 10.6. The smallest absolute Gasteiger partial charge is 0.119 e. The van der Waals surface area contributed by atoms with Gasteiger partial charge in [-0.05, 0) is 59.7 Å². The molecule has 2 heteroatoms. The van der Waals surface area contributed by atoms with Crippen molar-refractivity contribution >= 4 is 22.6 Å². The predicted molar refractivity (Wildman–Crippen MR) is 86.9 cm³/mol. The van der Waals surface area contributed by atoms with E-state index in [2.05, 4.69) is 48.1 Å². The Bertz CT molecular complexity index is 294. The van der Waals surface area contributed by atoms with Gasteiger partial charge < -0.3 is 4.74 Å². The summed E-state index contributed by atoms with van der Waals surface area (Å²) in [4.78, 5) is 0. The highest BCUT2D eigenvalue weighted by atomic mass is 127. The first kappa shape index (κ1) is 15.8. The first-order chi connectivity index (χ1) is 8.83. The predicted octanol–water partition coefficient (Wildman–Crippen LogP) is 5.62. The highest BCUT2D eigenvalue weighted by Gasteiger charge is 1.95. The van der Waals surface area contributed by atoms with Crippen LogP contribution in [0, 0.1) is 9.99 Å². The Kier molecular flexibility index (Phi) is 9.35. The Morgan fingerprint density at radius 2 is 1.72 bits per heavy atom. The summed E-state index contributed by atoms with van der Waals surface area (Å²) in [6.45, 7) is 3.08. The van der Waals surface area contributed by atoms with Crippen LogP contribution in [0.3, 0.4) is 0 Å². The molecule has 0 heterocycles. The summed E-state index contributed by atoms with van der Waals surface area (Å²) in [5, 5.41) is 0. The average Bonchev–Trinajstić information content (AvgIpc) is 2.39. The molecule has 0 spiro atoms. The molecule has 18 heavy (non-hydrogen) atoms. The van der Waals surface area contributed by atoms with E-state index in [-0.39, 0.29) is 0 Å². The Labute approximate surface area is 125 Å². The molecule has 0 amide bonds. The Hall–Kier alpha value is -0.250. The lowest BCUT2D eigenvalue weighted by Crippen LogP contribution is -1.97. The quantitative estimate of drug-likeness (QED) is 0.389. The van der Waals surface area contributed by atoms with Crippen LogP contribution in [0.1, 0.15) is 51.9 Å². The summed E-state index contributed by atoms with van der Waals surface area (Å²) in [6, 6.07) is 8.25. The van der Waals surface area contributed by atoms with E-state index < -0.39 is 0 Å². The van der Waals surface area contributed by atoms with Gasteiger partial charge in [0.2, 0.25) is 0 Å². The van der Waals surface area contributed by atoms with Crippen LogP contribution in [0.2, 0.25) is 0 Å². The zero-order valence-electron chi connectivity index (χ0n) is 11.3. The third kappa shape index (κ3) is 7.96. The van der Waals surface area contributed by atoms with Crippen LogP contribution in [-0.2, 0) is 0 Å². The van der Waals surface area contributed by atoms with Crippen molar-refractivity contribution in [2.75, 3.05) is 6.61 Å². The number of hydrogen-bond donors (Lipinski definition) is 0. The largest absolute Gasteiger partial charge is 0.494 e. The van der Waals surface area contributed by atoms with E-state index in [0.717, 1.165) is 12.4 Å². The standard InChI is InChI=1S/C16H24IO/c1-2-3-4-5-6-7-8-9-14-18-16-12-10-15(17)11-13-16/h4,10-13H,2-3,5-9,14H2,1H3. The van der Waals surface area contributed by atoms with E-state index in [4.69, 9.17) is 4.74 Å². The van der Waals surface area contributed by atoms with Gasteiger partial charge in [-0.3, -0.25) is 0 Å². The van der Waals surface area contributed by atoms with E-state index in [1.165, 1.54) is 48.5 Å². The molecule has 0 atom stereocenters. The summed E-state index contributed by atoms with van der Waals surface area (Å²) in [6.07, 6.45) is 11.4. The van der Waals surface area contributed by atoms with Crippen molar-refractivity contribution in [1.29, 1.82) is 0 Å². The van der Waals surface area contributed by atoms with Gasteiger partial charge in [-0.2, -0.15) is 0 Å². The van der Waals surface area contributed by atoms with E-state index in [9.17, 15) is 0 Å². The van der Waals surface area contributed by atoms with E-state index in [1.54, 1.807) is 0 Å². The van der Waals surface area contributed by atoms with Gasteiger partial charge in [0.15, 0.2) is 0 Å². The fourth-order valence-electron chi connectivity index (χ4n) is 1.81.